The molecule has 0 radical (unpaired) electrons. The maximum atomic E-state index is 13.0. The fourth-order valence-corrected chi connectivity index (χ4v) is 7.28. The summed E-state index contributed by atoms with van der Waals surface area (Å²) < 4.78 is 6.02. The smallest absolute Gasteiger partial charge is 0.336 e. The molecule has 8 atom stereocenters. The molecule has 0 bridgehead atoms. The number of carbonyl (C=O) groups is 4. The van der Waals surface area contributed by atoms with Crippen molar-refractivity contribution in [2.45, 2.75) is 102 Å². The molecule has 2 unspecified atom stereocenters. The highest BCUT2D eigenvalue weighted by Crippen LogP contribution is 2.36. The number of benzene rings is 2. The fraction of sp³-hybridized carbons (Fsp3) is 0.450. The van der Waals surface area contributed by atoms with E-state index < -0.39 is 66.8 Å². The summed E-state index contributed by atoms with van der Waals surface area (Å²) in [6.45, 7) is 4.24. The molecule has 0 spiro atoms. The highest BCUT2D eigenvalue weighted by atomic mass is 16.6. The monoisotopic (exact) mass is 774 g/mol. The third-order valence-electron chi connectivity index (χ3n) is 10.3. The van der Waals surface area contributed by atoms with Gasteiger partial charge < -0.3 is 51.5 Å². The van der Waals surface area contributed by atoms with Crippen LogP contribution in [-0.2, 0) is 25.7 Å². The fourth-order valence-electron chi connectivity index (χ4n) is 7.28. The Morgan fingerprint density at radius 1 is 1.02 bits per heavy atom. The lowest BCUT2D eigenvalue weighted by Gasteiger charge is -2.47. The number of aliphatic hydroxyl groups is 3. The Kier molecular flexibility index (Phi) is 13.8. The quantitative estimate of drug-likeness (QED) is 0.107. The van der Waals surface area contributed by atoms with Crippen LogP contribution in [0.3, 0.4) is 0 Å². The van der Waals surface area contributed by atoms with E-state index in [-0.39, 0.29) is 42.1 Å². The number of aliphatic carboxylic acids is 1. The number of aromatic nitrogens is 2. The van der Waals surface area contributed by atoms with Gasteiger partial charge in [0.2, 0.25) is 17.8 Å². The van der Waals surface area contributed by atoms with Gasteiger partial charge in [0, 0.05) is 62.8 Å². The molecule has 2 aliphatic rings. The lowest BCUT2D eigenvalue weighted by Crippen LogP contribution is -2.67. The number of aryl methyl sites for hydroxylation is 2. The van der Waals surface area contributed by atoms with Crippen molar-refractivity contribution in [2.24, 2.45) is 5.92 Å². The molecule has 2 fully saturated rings. The second-order valence-corrected chi connectivity index (χ2v) is 14.6. The molecular formula is C40H50N6O10. The maximum absolute atomic E-state index is 13.0. The number of nitrogens with zero attached hydrogens (tertiary/aromatic N) is 2. The minimum absolute atomic E-state index is 0.0441. The van der Waals surface area contributed by atoms with Gasteiger partial charge in [0.05, 0.1) is 18.2 Å². The number of carboxylic acid groups (broad SMARTS) is 1. The number of anilines is 1. The van der Waals surface area contributed by atoms with Gasteiger partial charge in [-0.1, -0.05) is 30.4 Å². The van der Waals surface area contributed by atoms with Crippen molar-refractivity contribution in [1.82, 2.24) is 25.9 Å². The first kappa shape index (κ1) is 41.7. The Labute approximate surface area is 324 Å². The summed E-state index contributed by atoms with van der Waals surface area (Å²) >= 11 is 0. The van der Waals surface area contributed by atoms with Crippen LogP contribution in [0.25, 0.3) is 6.08 Å². The van der Waals surface area contributed by atoms with E-state index in [0.29, 0.717) is 29.1 Å². The number of hydrogen-bond acceptors (Lipinski definition) is 12. The molecule has 3 amide bonds. The summed E-state index contributed by atoms with van der Waals surface area (Å²) in [5.74, 6) is -2.24. The molecule has 56 heavy (non-hydrogen) atoms. The number of aromatic hydroxyl groups is 1. The van der Waals surface area contributed by atoms with Crippen molar-refractivity contribution in [1.29, 1.82) is 0 Å². The second-order valence-electron chi connectivity index (χ2n) is 14.6. The summed E-state index contributed by atoms with van der Waals surface area (Å²) in [5, 5.41) is 65.1. The van der Waals surface area contributed by atoms with Gasteiger partial charge in [-0.2, -0.15) is 0 Å². The summed E-state index contributed by atoms with van der Waals surface area (Å²) in [6, 6.07) is 10.8. The second kappa shape index (κ2) is 18.5. The van der Waals surface area contributed by atoms with Gasteiger partial charge in [0.1, 0.15) is 18.0 Å². The molecule has 1 aromatic heterocycles. The van der Waals surface area contributed by atoms with Crippen LogP contribution in [0.2, 0.25) is 0 Å². The van der Waals surface area contributed by atoms with Crippen LogP contribution in [0, 0.1) is 19.8 Å². The summed E-state index contributed by atoms with van der Waals surface area (Å²) in [4.78, 5) is 59.0. The number of phenols is 1. The Bertz CT molecular complexity index is 1890. The number of rotatable bonds is 15. The number of carbonyl (C=O) groups excluding carboxylic acids is 3. The number of ether oxygens (including phenoxy) is 1. The van der Waals surface area contributed by atoms with Crippen LogP contribution in [0.5, 0.6) is 5.75 Å². The molecule has 16 nitrogen and oxygen atoms in total. The van der Waals surface area contributed by atoms with E-state index in [0.717, 1.165) is 18.4 Å². The molecule has 3 aromatic rings. The summed E-state index contributed by atoms with van der Waals surface area (Å²) in [6.07, 6.45) is 1.41. The molecule has 2 aromatic carbocycles. The number of aliphatic hydroxyl groups excluding tert-OH is 3. The lowest BCUT2D eigenvalue weighted by molar-refractivity contribution is -0.226. The van der Waals surface area contributed by atoms with Crippen molar-refractivity contribution >= 4 is 35.7 Å². The van der Waals surface area contributed by atoms with E-state index >= 15 is 0 Å². The van der Waals surface area contributed by atoms with Crippen molar-refractivity contribution < 1.29 is 49.4 Å². The molecule has 1 aliphatic carbocycles. The maximum Gasteiger partial charge on any atom is 0.336 e. The van der Waals surface area contributed by atoms with Crippen LogP contribution in [-0.4, -0.2) is 108 Å². The van der Waals surface area contributed by atoms with E-state index in [1.54, 1.807) is 56.6 Å². The van der Waals surface area contributed by atoms with Crippen LogP contribution >= 0.6 is 0 Å². The number of amides is 3. The van der Waals surface area contributed by atoms with Crippen molar-refractivity contribution in [3.63, 3.8) is 0 Å². The Balaban J connectivity index is 1.21. The molecule has 9 N–H and O–H groups in total. The standard InChI is InChI=1S/C40H50N6O10/c1-22-15-28(16-23(2)33(22)50)37(53)44-21-31(49)34(51)35-32(45-24(3)47)30(48)19-40(56-35,38(54)55)12-5-9-25-7-4-8-26(17-25)20-43-36(52)27-10-11-29(18-27)46-39-41-13-6-14-42-39/h4-9,13-17,27,29-32,34-35,48-51H,10-12,18-21H2,1-3H3,(H,43,52)(H,44,53)(H,45,47)(H,54,55)(H,41,42,46)/b9-5+/t27?,29?,30-,31+,32+,34+,35+,40+/m0/s1. The minimum Gasteiger partial charge on any atom is -0.507 e. The summed E-state index contributed by atoms with van der Waals surface area (Å²) in [7, 11) is 0. The first-order valence-corrected chi connectivity index (χ1v) is 18.5. The minimum atomic E-state index is -2.06. The first-order chi connectivity index (χ1) is 26.7. The Morgan fingerprint density at radius 2 is 1.73 bits per heavy atom. The van der Waals surface area contributed by atoms with E-state index in [2.05, 4.69) is 31.2 Å². The normalized spacial score (nSPS) is 24.6. The number of hydrogen-bond donors (Lipinski definition) is 9. The van der Waals surface area contributed by atoms with Gasteiger partial charge in [-0.3, -0.25) is 14.4 Å². The summed E-state index contributed by atoms with van der Waals surface area (Å²) in [5.41, 5.74) is 0.610. The average molecular weight is 775 g/mol. The molecule has 5 rings (SSSR count). The zero-order chi connectivity index (χ0) is 40.6. The van der Waals surface area contributed by atoms with Gasteiger partial charge in [-0.05, 0) is 79.6 Å². The van der Waals surface area contributed by atoms with Gasteiger partial charge >= 0.3 is 5.97 Å². The molecule has 1 aliphatic heterocycles. The third kappa shape index (κ3) is 10.5. The van der Waals surface area contributed by atoms with Crippen LogP contribution in [0.4, 0.5) is 5.95 Å². The Hall–Kier alpha value is -5.42. The van der Waals surface area contributed by atoms with Crippen molar-refractivity contribution in [2.75, 3.05) is 11.9 Å². The van der Waals surface area contributed by atoms with Crippen LogP contribution in [0.15, 0.2) is 60.9 Å². The highest BCUT2D eigenvalue weighted by molar-refractivity contribution is 5.95. The van der Waals surface area contributed by atoms with Crippen molar-refractivity contribution in [3.05, 3.63) is 88.8 Å². The number of carboxylic acids is 1. The van der Waals surface area contributed by atoms with E-state index in [1.165, 1.54) is 19.1 Å². The van der Waals surface area contributed by atoms with Crippen LogP contribution < -0.4 is 21.3 Å². The van der Waals surface area contributed by atoms with Gasteiger partial charge in [0.15, 0.2) is 5.60 Å². The zero-order valence-electron chi connectivity index (χ0n) is 31.5. The number of nitrogens with one attached hydrogen (secondary N) is 4. The molecule has 2 heterocycles. The largest absolute Gasteiger partial charge is 0.507 e. The first-order valence-electron chi connectivity index (χ1n) is 18.5. The highest BCUT2D eigenvalue weighted by Gasteiger charge is 2.54. The van der Waals surface area contributed by atoms with Gasteiger partial charge in [0.25, 0.3) is 5.91 Å². The third-order valence-corrected chi connectivity index (χ3v) is 10.3. The molecular weight excluding hydrogens is 724 g/mol. The lowest BCUT2D eigenvalue weighted by atomic mass is 9.81. The van der Waals surface area contributed by atoms with Gasteiger partial charge in [-0.15, -0.1) is 0 Å². The van der Waals surface area contributed by atoms with E-state index in [4.69, 9.17) is 4.74 Å². The zero-order valence-corrected chi connectivity index (χ0v) is 31.5. The van der Waals surface area contributed by atoms with Crippen molar-refractivity contribution in [3.8, 4) is 5.75 Å². The molecule has 16 heteroatoms. The molecule has 1 saturated carbocycles. The molecule has 1 saturated heterocycles. The SMILES string of the molecule is CC(=O)N[C@H]1[C@H]([C@H](O)[C@H](O)CNC(=O)c2cc(C)c(O)c(C)c2)O[C@@](C/C=C/c2cccc(CNC(=O)C3CCC(Nc4ncccn4)C3)c2)(C(=O)O)C[C@@H]1O. The van der Waals surface area contributed by atoms with Gasteiger partial charge in [-0.25, -0.2) is 14.8 Å². The predicted octanol–water partition coefficient (Wildman–Crippen LogP) is 1.73. The number of phenolic OH excluding ortho intramolecular Hbond substituents is 1. The van der Waals surface area contributed by atoms with Crippen LogP contribution in [0.1, 0.15) is 71.6 Å². The average Bonchev–Trinajstić information content (AvgIpc) is 3.64. The van der Waals surface area contributed by atoms with E-state index in [1.807, 2.05) is 12.1 Å². The topological polar surface area (TPSA) is 253 Å². The Morgan fingerprint density at radius 3 is 2.41 bits per heavy atom. The molecule has 300 valence electrons. The van der Waals surface area contributed by atoms with E-state index in [9.17, 15) is 44.7 Å². The predicted molar refractivity (Wildman–Crippen MR) is 204 cm³/mol.